The predicted octanol–water partition coefficient (Wildman–Crippen LogP) is 3.50. The molecule has 0 bridgehead atoms. The van der Waals surface area contributed by atoms with Gasteiger partial charge in [0.2, 0.25) is 0 Å². The first-order valence-electron chi connectivity index (χ1n) is 5.22. The van der Waals surface area contributed by atoms with Gasteiger partial charge >= 0.3 is 0 Å². The van der Waals surface area contributed by atoms with Crippen molar-refractivity contribution < 1.29 is 4.79 Å². The summed E-state index contributed by atoms with van der Waals surface area (Å²) >= 11 is 9.30. The van der Waals surface area contributed by atoms with Gasteiger partial charge in [-0.1, -0.05) is 22.9 Å². The molecule has 0 aromatic heterocycles. The van der Waals surface area contributed by atoms with Crippen LogP contribution in [0.1, 0.15) is 29.3 Å². The normalized spacial score (nSPS) is 12.2. The first-order chi connectivity index (χ1) is 7.52. The van der Waals surface area contributed by atoms with E-state index >= 15 is 0 Å². The summed E-state index contributed by atoms with van der Waals surface area (Å²) in [6, 6.07) is 5.62. The zero-order chi connectivity index (χ0) is 12.1. The molecule has 0 fully saturated rings. The van der Waals surface area contributed by atoms with Gasteiger partial charge < -0.3 is 5.32 Å². The van der Waals surface area contributed by atoms with Crippen LogP contribution in [0.3, 0.4) is 0 Å². The third-order valence-corrected chi connectivity index (χ3v) is 3.15. The fourth-order valence-electron chi connectivity index (χ4n) is 1.32. The quantitative estimate of drug-likeness (QED) is 0.848. The van der Waals surface area contributed by atoms with Gasteiger partial charge in [0, 0.05) is 16.6 Å². The summed E-state index contributed by atoms with van der Waals surface area (Å²) in [5.41, 5.74) is 1.71. The average molecular weight is 305 g/mol. The van der Waals surface area contributed by atoms with E-state index in [1.165, 1.54) is 0 Å². The topological polar surface area (TPSA) is 29.1 Å². The number of hydrogen-bond acceptors (Lipinski definition) is 1. The Labute approximate surface area is 110 Å². The molecular weight excluding hydrogens is 289 g/mol. The van der Waals surface area contributed by atoms with Gasteiger partial charge in [-0.05, 0) is 37.1 Å². The number of aryl methyl sites for hydroxylation is 1. The molecule has 2 nitrogen and oxygen atoms in total. The van der Waals surface area contributed by atoms with Crippen LogP contribution in [-0.2, 0) is 0 Å². The SMILES string of the molecule is CCC(Cl)CNC(=O)c1cc(C)cc(Br)c1. The number of nitrogens with one attached hydrogen (secondary N) is 1. The maximum Gasteiger partial charge on any atom is 0.251 e. The number of carbonyl (C=O) groups excluding carboxylic acids is 1. The standard InChI is InChI=1S/C12H15BrClNO/c1-3-11(14)7-15-12(16)9-4-8(2)5-10(13)6-9/h4-6,11H,3,7H2,1-2H3,(H,15,16). The molecule has 1 atom stereocenters. The Morgan fingerprint density at radius 1 is 1.50 bits per heavy atom. The Morgan fingerprint density at radius 3 is 2.75 bits per heavy atom. The van der Waals surface area contributed by atoms with Gasteiger partial charge in [-0.2, -0.15) is 0 Å². The molecule has 0 radical (unpaired) electrons. The minimum absolute atomic E-state index is 0.00259. The number of hydrogen-bond donors (Lipinski definition) is 1. The number of halogens is 2. The summed E-state index contributed by atoms with van der Waals surface area (Å²) in [7, 11) is 0. The van der Waals surface area contributed by atoms with Gasteiger partial charge in [-0.15, -0.1) is 11.6 Å². The Morgan fingerprint density at radius 2 is 2.19 bits per heavy atom. The molecule has 16 heavy (non-hydrogen) atoms. The molecular formula is C12H15BrClNO. The fraction of sp³-hybridized carbons (Fsp3) is 0.417. The Kier molecular flexibility index (Phi) is 5.29. The van der Waals surface area contributed by atoms with Gasteiger partial charge in [-0.3, -0.25) is 4.79 Å². The second-order valence-corrected chi connectivity index (χ2v) is 5.27. The van der Waals surface area contributed by atoms with Crippen LogP contribution < -0.4 is 5.32 Å². The van der Waals surface area contributed by atoms with Crippen LogP contribution in [-0.4, -0.2) is 17.8 Å². The Bertz CT molecular complexity index is 361. The highest BCUT2D eigenvalue weighted by atomic mass is 79.9. The smallest absolute Gasteiger partial charge is 0.251 e. The van der Waals surface area contributed by atoms with Crippen LogP contribution >= 0.6 is 27.5 Å². The van der Waals surface area contributed by atoms with E-state index in [0.29, 0.717) is 12.1 Å². The summed E-state index contributed by atoms with van der Waals surface area (Å²) in [5, 5.41) is 2.81. The number of carbonyl (C=O) groups is 1. The average Bonchev–Trinajstić information content (AvgIpc) is 2.23. The molecule has 0 aliphatic rings. The maximum absolute atomic E-state index is 11.8. The molecule has 1 aromatic rings. The van der Waals surface area contributed by atoms with Gasteiger partial charge in [0.1, 0.15) is 0 Å². The molecule has 88 valence electrons. The lowest BCUT2D eigenvalue weighted by atomic mass is 10.1. The molecule has 0 saturated carbocycles. The zero-order valence-electron chi connectivity index (χ0n) is 9.39. The summed E-state index contributed by atoms with van der Waals surface area (Å²) < 4.78 is 0.913. The van der Waals surface area contributed by atoms with Crippen molar-refractivity contribution in [1.29, 1.82) is 0 Å². The van der Waals surface area contributed by atoms with E-state index in [4.69, 9.17) is 11.6 Å². The van der Waals surface area contributed by atoms with Gasteiger partial charge in [0.15, 0.2) is 0 Å². The number of benzene rings is 1. The molecule has 1 N–H and O–H groups in total. The van der Waals surface area contributed by atoms with Crippen molar-refractivity contribution in [3.05, 3.63) is 33.8 Å². The summed E-state index contributed by atoms with van der Waals surface area (Å²) in [6.45, 7) is 4.45. The third-order valence-electron chi connectivity index (χ3n) is 2.23. The second kappa shape index (κ2) is 6.26. The van der Waals surface area contributed by atoms with Crippen molar-refractivity contribution in [2.24, 2.45) is 0 Å². The monoisotopic (exact) mass is 303 g/mol. The van der Waals surface area contributed by atoms with Crippen molar-refractivity contribution in [2.75, 3.05) is 6.54 Å². The van der Waals surface area contributed by atoms with Crippen LogP contribution in [0.25, 0.3) is 0 Å². The van der Waals surface area contributed by atoms with Crippen LogP contribution in [0, 0.1) is 6.92 Å². The van der Waals surface area contributed by atoms with E-state index < -0.39 is 0 Å². The Hall–Kier alpha value is -0.540. The van der Waals surface area contributed by atoms with E-state index in [1.54, 1.807) is 6.07 Å². The van der Waals surface area contributed by atoms with Gasteiger partial charge in [0.25, 0.3) is 5.91 Å². The minimum Gasteiger partial charge on any atom is -0.351 e. The van der Waals surface area contributed by atoms with Gasteiger partial charge in [-0.25, -0.2) is 0 Å². The summed E-state index contributed by atoms with van der Waals surface area (Å²) in [6.07, 6.45) is 0.847. The zero-order valence-corrected chi connectivity index (χ0v) is 11.7. The largest absolute Gasteiger partial charge is 0.351 e. The van der Waals surface area contributed by atoms with Crippen LogP contribution in [0.2, 0.25) is 0 Å². The van der Waals surface area contributed by atoms with Crippen LogP contribution in [0.5, 0.6) is 0 Å². The molecule has 0 aliphatic heterocycles. The van der Waals surface area contributed by atoms with E-state index in [0.717, 1.165) is 16.5 Å². The molecule has 1 rings (SSSR count). The molecule has 0 spiro atoms. The maximum atomic E-state index is 11.8. The highest BCUT2D eigenvalue weighted by Gasteiger charge is 2.08. The highest BCUT2D eigenvalue weighted by Crippen LogP contribution is 2.15. The summed E-state index contributed by atoms with van der Waals surface area (Å²) in [5.74, 6) is -0.0801. The van der Waals surface area contributed by atoms with Gasteiger partial charge in [0.05, 0.1) is 5.38 Å². The van der Waals surface area contributed by atoms with E-state index in [1.807, 2.05) is 26.0 Å². The molecule has 1 aromatic carbocycles. The summed E-state index contributed by atoms with van der Waals surface area (Å²) in [4.78, 5) is 11.8. The van der Waals surface area contributed by atoms with Crippen molar-refractivity contribution in [3.8, 4) is 0 Å². The lowest BCUT2D eigenvalue weighted by molar-refractivity contribution is 0.0953. The van der Waals surface area contributed by atoms with Crippen molar-refractivity contribution in [2.45, 2.75) is 25.6 Å². The number of rotatable bonds is 4. The lowest BCUT2D eigenvalue weighted by Crippen LogP contribution is -2.29. The molecule has 1 amide bonds. The van der Waals surface area contributed by atoms with Crippen molar-refractivity contribution in [1.82, 2.24) is 5.32 Å². The Balaban J connectivity index is 2.66. The highest BCUT2D eigenvalue weighted by molar-refractivity contribution is 9.10. The van der Waals surface area contributed by atoms with Crippen molar-refractivity contribution in [3.63, 3.8) is 0 Å². The molecule has 4 heteroatoms. The van der Waals surface area contributed by atoms with E-state index in [2.05, 4.69) is 21.2 Å². The number of alkyl halides is 1. The van der Waals surface area contributed by atoms with Crippen molar-refractivity contribution >= 4 is 33.4 Å². The molecule has 1 unspecified atom stereocenters. The first kappa shape index (κ1) is 13.5. The minimum atomic E-state index is -0.0801. The molecule has 0 heterocycles. The van der Waals surface area contributed by atoms with E-state index in [9.17, 15) is 4.79 Å². The van der Waals surface area contributed by atoms with Crippen LogP contribution in [0.4, 0.5) is 0 Å². The van der Waals surface area contributed by atoms with Crippen LogP contribution in [0.15, 0.2) is 22.7 Å². The molecule has 0 saturated heterocycles. The molecule has 0 aliphatic carbocycles. The third kappa shape index (κ3) is 4.14. The fourth-order valence-corrected chi connectivity index (χ4v) is 2.00. The predicted molar refractivity (Wildman–Crippen MR) is 71.1 cm³/mol. The number of amides is 1. The second-order valence-electron chi connectivity index (χ2n) is 3.73. The first-order valence-corrected chi connectivity index (χ1v) is 6.45. The van der Waals surface area contributed by atoms with E-state index in [-0.39, 0.29) is 11.3 Å². The lowest BCUT2D eigenvalue weighted by Gasteiger charge is -2.09.